The van der Waals surface area contributed by atoms with Crippen molar-refractivity contribution in [1.82, 2.24) is 0 Å². The molecular formula is C18H16F6N2O4S. The van der Waals surface area contributed by atoms with E-state index in [-0.39, 0.29) is 29.1 Å². The number of nitrogens with zero attached hydrogens (tertiary/aromatic N) is 1. The van der Waals surface area contributed by atoms with Gasteiger partial charge in [-0.1, -0.05) is 23.7 Å². The van der Waals surface area contributed by atoms with Crippen molar-refractivity contribution < 1.29 is 44.3 Å². The van der Waals surface area contributed by atoms with Gasteiger partial charge in [-0.3, -0.25) is 4.72 Å². The number of sulfonamides is 1. The number of hydrogen-bond donors (Lipinski definition) is 1. The predicted octanol–water partition coefficient (Wildman–Crippen LogP) is 5.35. The number of nitrogens with one attached hydrogen (secondary N) is 1. The van der Waals surface area contributed by atoms with Crippen molar-refractivity contribution in [3.05, 3.63) is 53.6 Å². The van der Waals surface area contributed by atoms with Gasteiger partial charge in [0.1, 0.15) is 5.75 Å². The second kappa shape index (κ2) is 9.04. The van der Waals surface area contributed by atoms with Crippen molar-refractivity contribution in [2.75, 3.05) is 4.72 Å². The monoisotopic (exact) mass is 470 g/mol. The van der Waals surface area contributed by atoms with Crippen molar-refractivity contribution in [2.24, 2.45) is 5.16 Å². The zero-order valence-corrected chi connectivity index (χ0v) is 16.8. The van der Waals surface area contributed by atoms with Crippen molar-refractivity contribution in [3.8, 4) is 11.5 Å². The fourth-order valence-corrected chi connectivity index (χ4v) is 2.89. The van der Waals surface area contributed by atoms with Gasteiger partial charge >= 0.3 is 21.9 Å². The number of rotatable bonds is 7. The quantitative estimate of drug-likeness (QED) is 0.336. The SMILES string of the molecule is CC/C(=N\Oc1ccc(OC(F)(F)F)cc1)c1cc(C)ccc1NS(=O)(=O)C(F)(F)F. The van der Waals surface area contributed by atoms with Gasteiger partial charge in [0.25, 0.3) is 0 Å². The second-order valence-corrected chi connectivity index (χ2v) is 7.78. The Bertz CT molecular complexity index is 1050. The van der Waals surface area contributed by atoms with Crippen LogP contribution in [0, 0.1) is 6.92 Å². The molecule has 0 saturated heterocycles. The molecule has 0 radical (unpaired) electrons. The van der Waals surface area contributed by atoms with Gasteiger partial charge in [0.15, 0.2) is 5.75 Å². The first-order chi connectivity index (χ1) is 14.2. The third kappa shape index (κ3) is 6.77. The lowest BCUT2D eigenvalue weighted by molar-refractivity contribution is -0.274. The molecule has 0 aliphatic carbocycles. The highest BCUT2D eigenvalue weighted by atomic mass is 32.2. The Morgan fingerprint density at radius 1 is 1.00 bits per heavy atom. The van der Waals surface area contributed by atoms with Gasteiger partial charge < -0.3 is 9.57 Å². The van der Waals surface area contributed by atoms with Crippen LogP contribution in [0.2, 0.25) is 0 Å². The molecule has 170 valence electrons. The Labute approximate surface area is 173 Å². The minimum atomic E-state index is -5.67. The molecule has 2 aromatic rings. The average Bonchev–Trinajstić information content (AvgIpc) is 2.63. The van der Waals surface area contributed by atoms with E-state index in [0.29, 0.717) is 5.56 Å². The first kappa shape index (κ1) is 24.3. The molecule has 0 amide bonds. The maximum atomic E-state index is 12.7. The van der Waals surface area contributed by atoms with E-state index in [9.17, 15) is 34.8 Å². The molecule has 0 aromatic heterocycles. The van der Waals surface area contributed by atoms with E-state index >= 15 is 0 Å². The molecule has 0 atom stereocenters. The minimum Gasteiger partial charge on any atom is -0.406 e. The Hall–Kier alpha value is -2.96. The predicted molar refractivity (Wildman–Crippen MR) is 100 cm³/mol. The molecule has 0 spiro atoms. The summed E-state index contributed by atoms with van der Waals surface area (Å²) in [5, 5.41) is 3.82. The first-order valence-electron chi connectivity index (χ1n) is 8.51. The summed E-state index contributed by atoms with van der Waals surface area (Å²) >= 11 is 0. The number of anilines is 1. The van der Waals surface area contributed by atoms with Gasteiger partial charge in [-0.2, -0.15) is 21.6 Å². The lowest BCUT2D eigenvalue weighted by Gasteiger charge is -2.15. The topological polar surface area (TPSA) is 77.0 Å². The maximum Gasteiger partial charge on any atom is 0.573 e. The molecule has 31 heavy (non-hydrogen) atoms. The van der Waals surface area contributed by atoms with Gasteiger partial charge in [-0.15, -0.1) is 13.2 Å². The summed E-state index contributed by atoms with van der Waals surface area (Å²) in [7, 11) is -5.67. The van der Waals surface area contributed by atoms with Crippen LogP contribution in [0.3, 0.4) is 0 Å². The van der Waals surface area contributed by atoms with E-state index in [2.05, 4.69) is 9.89 Å². The molecule has 6 nitrogen and oxygen atoms in total. The highest BCUT2D eigenvalue weighted by molar-refractivity contribution is 7.93. The Morgan fingerprint density at radius 3 is 2.10 bits per heavy atom. The van der Waals surface area contributed by atoms with E-state index in [1.165, 1.54) is 16.9 Å². The highest BCUT2D eigenvalue weighted by Crippen LogP contribution is 2.29. The number of benzene rings is 2. The van der Waals surface area contributed by atoms with Crippen molar-refractivity contribution in [3.63, 3.8) is 0 Å². The normalized spacial score (nSPS) is 13.1. The Kier molecular flexibility index (Phi) is 7.09. The Morgan fingerprint density at radius 2 is 1.58 bits per heavy atom. The lowest BCUT2D eigenvalue weighted by Crippen LogP contribution is -2.30. The van der Waals surface area contributed by atoms with Gasteiger partial charge in [-0.05, 0) is 49.7 Å². The van der Waals surface area contributed by atoms with E-state index < -0.39 is 27.6 Å². The smallest absolute Gasteiger partial charge is 0.406 e. The average molecular weight is 470 g/mol. The molecule has 13 heteroatoms. The molecule has 2 rings (SSSR count). The van der Waals surface area contributed by atoms with E-state index in [0.717, 1.165) is 30.3 Å². The van der Waals surface area contributed by atoms with Crippen LogP contribution < -0.4 is 14.3 Å². The summed E-state index contributed by atoms with van der Waals surface area (Å²) in [4.78, 5) is 5.14. The fourth-order valence-electron chi connectivity index (χ4n) is 2.30. The van der Waals surface area contributed by atoms with Crippen molar-refractivity contribution in [1.29, 1.82) is 0 Å². The number of hydrogen-bond acceptors (Lipinski definition) is 5. The number of alkyl halides is 6. The summed E-state index contributed by atoms with van der Waals surface area (Å²) in [6, 6.07) is 8.23. The van der Waals surface area contributed by atoms with Crippen LogP contribution in [-0.2, 0) is 10.0 Å². The van der Waals surface area contributed by atoms with E-state index in [1.54, 1.807) is 13.8 Å². The van der Waals surface area contributed by atoms with Crippen molar-refractivity contribution >= 4 is 21.4 Å². The molecule has 0 unspecified atom stereocenters. The number of aryl methyl sites for hydroxylation is 1. The van der Waals surface area contributed by atoms with Crippen LogP contribution >= 0.6 is 0 Å². The van der Waals surface area contributed by atoms with Gasteiger partial charge in [0.05, 0.1) is 11.4 Å². The molecule has 0 heterocycles. The third-order valence-corrected chi connectivity index (χ3v) is 4.79. The lowest BCUT2D eigenvalue weighted by atomic mass is 10.0. The number of ether oxygens (including phenoxy) is 1. The summed E-state index contributed by atoms with van der Waals surface area (Å²) in [5.74, 6) is -0.465. The molecule has 0 bridgehead atoms. The molecule has 0 aliphatic rings. The summed E-state index contributed by atoms with van der Waals surface area (Å²) < 4.78 is 103. The standard InChI is InChI=1S/C18H16F6N2O4S/c1-3-15(25-30-13-7-5-12(6-8-13)29-17(19,20)21)14-10-11(2)4-9-16(14)26-31(27,28)18(22,23)24/h4-10,26H,3H2,1-2H3/b25-15+. The van der Waals surface area contributed by atoms with Crippen LogP contribution in [0.15, 0.2) is 47.6 Å². The van der Waals surface area contributed by atoms with Gasteiger partial charge in [0, 0.05) is 5.56 Å². The first-order valence-corrected chi connectivity index (χ1v) is 10.00. The molecule has 2 aromatic carbocycles. The van der Waals surface area contributed by atoms with Crippen molar-refractivity contribution in [2.45, 2.75) is 32.1 Å². The third-order valence-electron chi connectivity index (χ3n) is 3.69. The molecule has 1 N–H and O–H groups in total. The van der Waals surface area contributed by atoms with E-state index in [1.807, 2.05) is 0 Å². The highest BCUT2D eigenvalue weighted by Gasteiger charge is 2.46. The summed E-state index contributed by atoms with van der Waals surface area (Å²) in [6.45, 7) is 3.24. The Balaban J connectivity index is 2.31. The largest absolute Gasteiger partial charge is 0.573 e. The zero-order chi connectivity index (χ0) is 23.4. The molecule has 0 saturated carbocycles. The van der Waals surface area contributed by atoms with Crippen LogP contribution in [0.1, 0.15) is 24.5 Å². The van der Waals surface area contributed by atoms with Gasteiger partial charge in [-0.25, -0.2) is 0 Å². The fraction of sp³-hybridized carbons (Fsp3) is 0.278. The number of halogens is 6. The molecule has 0 fully saturated rings. The summed E-state index contributed by atoms with van der Waals surface area (Å²) in [5.41, 5.74) is -5.12. The van der Waals surface area contributed by atoms with Gasteiger partial charge in [0.2, 0.25) is 0 Å². The molecule has 0 aliphatic heterocycles. The number of oxime groups is 1. The van der Waals surface area contributed by atoms with E-state index in [4.69, 9.17) is 4.84 Å². The van der Waals surface area contributed by atoms with Crippen LogP contribution in [0.4, 0.5) is 32.0 Å². The maximum absolute atomic E-state index is 12.7. The minimum absolute atomic E-state index is 0.0190. The second-order valence-electron chi connectivity index (χ2n) is 6.10. The van der Waals surface area contributed by atoms with Crippen LogP contribution in [0.25, 0.3) is 0 Å². The molecular weight excluding hydrogens is 454 g/mol. The van der Waals surface area contributed by atoms with Crippen LogP contribution in [-0.4, -0.2) is 26.0 Å². The zero-order valence-electron chi connectivity index (χ0n) is 16.0. The summed E-state index contributed by atoms with van der Waals surface area (Å²) in [6.07, 6.45) is -4.72. The van der Waals surface area contributed by atoms with Crippen LogP contribution in [0.5, 0.6) is 11.5 Å².